The summed E-state index contributed by atoms with van der Waals surface area (Å²) in [4.78, 5) is 10.3. The number of anilines is 1. The molecule has 110 valence electrons. The Balaban J connectivity index is 2.21. The zero-order valence-electron chi connectivity index (χ0n) is 11.3. The summed E-state index contributed by atoms with van der Waals surface area (Å²) in [6, 6.07) is 12.9. The first-order chi connectivity index (χ1) is 9.87. The van der Waals surface area contributed by atoms with Crippen LogP contribution in [0.2, 0.25) is 0 Å². The first kappa shape index (κ1) is 15.0. The average Bonchev–Trinajstić information content (AvgIpc) is 2.41. The molecule has 0 bridgehead atoms. The van der Waals surface area contributed by atoms with Gasteiger partial charge in [-0.2, -0.15) is 0 Å². The molecule has 0 aliphatic carbocycles. The predicted molar refractivity (Wildman–Crippen MR) is 80.5 cm³/mol. The second kappa shape index (κ2) is 5.92. The average molecular weight is 306 g/mol. The molecule has 0 aliphatic rings. The Morgan fingerprint density at radius 3 is 2.43 bits per heavy atom. The molecule has 0 saturated carbocycles. The molecule has 0 atom stereocenters. The van der Waals surface area contributed by atoms with E-state index in [1.54, 1.807) is 37.3 Å². The molecule has 2 rings (SSSR count). The van der Waals surface area contributed by atoms with Gasteiger partial charge in [-0.05, 0) is 18.6 Å². The summed E-state index contributed by atoms with van der Waals surface area (Å²) < 4.78 is 26.5. The van der Waals surface area contributed by atoms with Crippen LogP contribution in [-0.2, 0) is 15.8 Å². The topological polar surface area (TPSA) is 89.3 Å². The van der Waals surface area contributed by atoms with Crippen LogP contribution in [0, 0.1) is 17.0 Å². The van der Waals surface area contributed by atoms with E-state index in [9.17, 15) is 18.5 Å². The lowest BCUT2D eigenvalue weighted by molar-refractivity contribution is -0.385. The Morgan fingerprint density at radius 2 is 1.81 bits per heavy atom. The van der Waals surface area contributed by atoms with Crippen LogP contribution in [0.25, 0.3) is 0 Å². The Hall–Kier alpha value is -2.41. The van der Waals surface area contributed by atoms with Crippen molar-refractivity contribution in [2.24, 2.45) is 0 Å². The third-order valence-electron chi connectivity index (χ3n) is 2.88. The van der Waals surface area contributed by atoms with Crippen LogP contribution in [0.5, 0.6) is 0 Å². The van der Waals surface area contributed by atoms with Gasteiger partial charge in [0, 0.05) is 11.6 Å². The first-order valence-electron chi connectivity index (χ1n) is 6.17. The van der Waals surface area contributed by atoms with Gasteiger partial charge in [-0.3, -0.25) is 14.8 Å². The molecule has 2 aromatic carbocycles. The van der Waals surface area contributed by atoms with E-state index < -0.39 is 14.9 Å². The number of aryl methyl sites for hydroxylation is 1. The van der Waals surface area contributed by atoms with Crippen molar-refractivity contribution in [1.82, 2.24) is 0 Å². The number of nitro groups is 1. The second-order valence-electron chi connectivity index (χ2n) is 4.61. The SMILES string of the molecule is Cc1ccc(NS(=O)(=O)Cc2ccccc2)cc1[N+](=O)[O-]. The van der Waals surface area contributed by atoms with Gasteiger partial charge < -0.3 is 0 Å². The maximum atomic E-state index is 12.1. The molecule has 0 aromatic heterocycles. The molecule has 0 radical (unpaired) electrons. The smallest absolute Gasteiger partial charge is 0.274 e. The van der Waals surface area contributed by atoms with Gasteiger partial charge in [0.15, 0.2) is 0 Å². The van der Waals surface area contributed by atoms with E-state index in [1.807, 2.05) is 0 Å². The van der Waals surface area contributed by atoms with Crippen LogP contribution in [0.3, 0.4) is 0 Å². The van der Waals surface area contributed by atoms with E-state index >= 15 is 0 Å². The van der Waals surface area contributed by atoms with E-state index in [4.69, 9.17) is 0 Å². The van der Waals surface area contributed by atoms with Crippen molar-refractivity contribution in [3.05, 3.63) is 69.8 Å². The van der Waals surface area contributed by atoms with Crippen LogP contribution >= 0.6 is 0 Å². The lowest BCUT2D eigenvalue weighted by Crippen LogP contribution is -2.15. The molecule has 0 unspecified atom stereocenters. The Labute approximate surface area is 122 Å². The van der Waals surface area contributed by atoms with Crippen molar-refractivity contribution in [2.45, 2.75) is 12.7 Å². The quantitative estimate of drug-likeness (QED) is 0.679. The summed E-state index contributed by atoms with van der Waals surface area (Å²) in [5.41, 5.74) is 1.19. The van der Waals surface area contributed by atoms with Gasteiger partial charge in [0.05, 0.1) is 16.4 Å². The zero-order chi connectivity index (χ0) is 15.5. The Bertz CT molecular complexity index is 758. The second-order valence-corrected chi connectivity index (χ2v) is 6.33. The molecule has 6 nitrogen and oxygen atoms in total. The summed E-state index contributed by atoms with van der Waals surface area (Å²) in [6.07, 6.45) is 0. The predicted octanol–water partition coefficient (Wildman–Crippen LogP) is 2.85. The number of hydrogen-bond acceptors (Lipinski definition) is 4. The van der Waals surface area contributed by atoms with Gasteiger partial charge in [0.2, 0.25) is 10.0 Å². The standard InChI is InChI=1S/C14H14N2O4S/c1-11-7-8-13(9-14(11)16(17)18)15-21(19,20)10-12-5-3-2-4-6-12/h2-9,15H,10H2,1H3. The monoisotopic (exact) mass is 306 g/mol. The maximum absolute atomic E-state index is 12.1. The highest BCUT2D eigenvalue weighted by Gasteiger charge is 2.15. The number of hydrogen-bond donors (Lipinski definition) is 1. The van der Waals surface area contributed by atoms with Gasteiger partial charge in [0.1, 0.15) is 0 Å². The minimum atomic E-state index is -3.62. The van der Waals surface area contributed by atoms with Crippen LogP contribution in [0.15, 0.2) is 48.5 Å². The largest absolute Gasteiger partial charge is 0.283 e. The van der Waals surface area contributed by atoms with Crippen molar-refractivity contribution in [1.29, 1.82) is 0 Å². The number of sulfonamides is 1. The zero-order valence-corrected chi connectivity index (χ0v) is 12.1. The fourth-order valence-electron chi connectivity index (χ4n) is 1.88. The molecule has 0 aliphatic heterocycles. The normalized spacial score (nSPS) is 11.1. The van der Waals surface area contributed by atoms with E-state index in [1.165, 1.54) is 18.2 Å². The van der Waals surface area contributed by atoms with Crippen molar-refractivity contribution in [3.8, 4) is 0 Å². The molecule has 21 heavy (non-hydrogen) atoms. The number of benzene rings is 2. The number of nitro benzene ring substituents is 1. The van der Waals surface area contributed by atoms with Crippen LogP contribution in [0.1, 0.15) is 11.1 Å². The van der Waals surface area contributed by atoms with Gasteiger partial charge >= 0.3 is 0 Å². The van der Waals surface area contributed by atoms with Gasteiger partial charge in [0.25, 0.3) is 5.69 Å². The molecule has 0 saturated heterocycles. The summed E-state index contributed by atoms with van der Waals surface area (Å²) in [7, 11) is -3.62. The van der Waals surface area contributed by atoms with Crippen LogP contribution in [0.4, 0.5) is 11.4 Å². The lowest BCUT2D eigenvalue weighted by Gasteiger charge is -2.08. The Kier molecular flexibility index (Phi) is 4.23. The van der Waals surface area contributed by atoms with Crippen molar-refractivity contribution >= 4 is 21.4 Å². The molecule has 0 fully saturated rings. The van der Waals surface area contributed by atoms with E-state index in [-0.39, 0.29) is 17.1 Å². The maximum Gasteiger partial charge on any atom is 0.274 e. The molecule has 2 aromatic rings. The van der Waals surface area contributed by atoms with Crippen LogP contribution < -0.4 is 4.72 Å². The molecule has 0 spiro atoms. The summed E-state index contributed by atoms with van der Waals surface area (Å²) in [5, 5.41) is 10.9. The minimum Gasteiger partial charge on any atom is -0.283 e. The fraction of sp³-hybridized carbons (Fsp3) is 0.143. The van der Waals surface area contributed by atoms with E-state index in [0.29, 0.717) is 11.1 Å². The molecular weight excluding hydrogens is 292 g/mol. The summed E-state index contributed by atoms with van der Waals surface area (Å²) >= 11 is 0. The summed E-state index contributed by atoms with van der Waals surface area (Å²) in [5.74, 6) is -0.185. The van der Waals surface area contributed by atoms with Crippen molar-refractivity contribution in [2.75, 3.05) is 4.72 Å². The minimum absolute atomic E-state index is 0.116. The summed E-state index contributed by atoms with van der Waals surface area (Å²) in [6.45, 7) is 1.60. The van der Waals surface area contributed by atoms with Crippen LogP contribution in [-0.4, -0.2) is 13.3 Å². The highest BCUT2D eigenvalue weighted by atomic mass is 32.2. The highest BCUT2D eigenvalue weighted by Crippen LogP contribution is 2.23. The number of nitrogens with one attached hydrogen (secondary N) is 1. The van der Waals surface area contributed by atoms with Gasteiger partial charge in [-0.15, -0.1) is 0 Å². The Morgan fingerprint density at radius 1 is 1.14 bits per heavy atom. The van der Waals surface area contributed by atoms with Crippen molar-refractivity contribution in [3.63, 3.8) is 0 Å². The molecule has 0 heterocycles. The molecular formula is C14H14N2O4S. The van der Waals surface area contributed by atoms with Gasteiger partial charge in [-0.25, -0.2) is 8.42 Å². The van der Waals surface area contributed by atoms with Gasteiger partial charge in [-0.1, -0.05) is 36.4 Å². The highest BCUT2D eigenvalue weighted by molar-refractivity contribution is 7.91. The third-order valence-corrected chi connectivity index (χ3v) is 4.14. The van der Waals surface area contributed by atoms with Crippen molar-refractivity contribution < 1.29 is 13.3 Å². The van der Waals surface area contributed by atoms with E-state index in [0.717, 1.165) is 0 Å². The fourth-order valence-corrected chi connectivity index (χ4v) is 3.07. The molecule has 0 amide bonds. The molecule has 7 heteroatoms. The molecule has 1 N–H and O–H groups in total. The lowest BCUT2D eigenvalue weighted by atomic mass is 10.2. The number of rotatable bonds is 5. The number of nitrogens with zero attached hydrogens (tertiary/aromatic N) is 1. The first-order valence-corrected chi connectivity index (χ1v) is 7.82. The third kappa shape index (κ3) is 4.03. The van der Waals surface area contributed by atoms with E-state index in [2.05, 4.69) is 4.72 Å².